The van der Waals surface area contributed by atoms with Crippen molar-refractivity contribution in [3.63, 3.8) is 0 Å². The third kappa shape index (κ3) is 1.52. The standard InChI is InChI=1S/C9H11N5OS/c1-5-10-12-9(16-5)14-8(6-2-3-6)7(4-15)11-13-14/h6,15H,2-4H2,1H3. The third-order valence-electron chi connectivity index (χ3n) is 2.59. The van der Waals surface area contributed by atoms with Gasteiger partial charge in [0.15, 0.2) is 0 Å². The van der Waals surface area contributed by atoms with Gasteiger partial charge in [0.2, 0.25) is 5.13 Å². The van der Waals surface area contributed by atoms with Crippen LogP contribution in [0.25, 0.3) is 5.13 Å². The lowest BCUT2D eigenvalue weighted by Gasteiger charge is -2.00. The van der Waals surface area contributed by atoms with Crippen LogP contribution in [0.15, 0.2) is 0 Å². The number of aliphatic hydroxyl groups is 1. The summed E-state index contributed by atoms with van der Waals surface area (Å²) in [4.78, 5) is 0. The summed E-state index contributed by atoms with van der Waals surface area (Å²) in [7, 11) is 0. The first-order valence-corrected chi connectivity index (χ1v) is 5.97. The van der Waals surface area contributed by atoms with E-state index >= 15 is 0 Å². The molecule has 0 aromatic carbocycles. The molecule has 0 aliphatic heterocycles. The van der Waals surface area contributed by atoms with E-state index in [1.807, 2.05) is 6.92 Å². The average Bonchev–Trinajstić information content (AvgIpc) is 2.88. The van der Waals surface area contributed by atoms with E-state index in [0.717, 1.165) is 28.7 Å². The van der Waals surface area contributed by atoms with Gasteiger partial charge in [0.25, 0.3) is 0 Å². The van der Waals surface area contributed by atoms with Crippen molar-refractivity contribution in [1.29, 1.82) is 0 Å². The summed E-state index contributed by atoms with van der Waals surface area (Å²) in [5.74, 6) is 0.473. The molecule has 2 aromatic rings. The van der Waals surface area contributed by atoms with Crippen LogP contribution in [0.5, 0.6) is 0 Å². The number of hydrogen-bond acceptors (Lipinski definition) is 6. The smallest absolute Gasteiger partial charge is 0.234 e. The van der Waals surface area contributed by atoms with Gasteiger partial charge in [0.05, 0.1) is 12.3 Å². The minimum atomic E-state index is -0.0659. The van der Waals surface area contributed by atoms with Crippen LogP contribution in [-0.4, -0.2) is 30.3 Å². The zero-order valence-electron chi connectivity index (χ0n) is 8.79. The van der Waals surface area contributed by atoms with Gasteiger partial charge in [-0.25, -0.2) is 0 Å². The minimum Gasteiger partial charge on any atom is -0.390 e. The number of aromatic nitrogens is 5. The third-order valence-corrected chi connectivity index (χ3v) is 3.40. The van der Waals surface area contributed by atoms with E-state index in [2.05, 4.69) is 20.5 Å². The molecule has 2 aromatic heterocycles. The molecular weight excluding hydrogens is 226 g/mol. The van der Waals surface area contributed by atoms with Crippen LogP contribution >= 0.6 is 11.3 Å². The molecule has 0 atom stereocenters. The van der Waals surface area contributed by atoms with Gasteiger partial charge in [-0.15, -0.1) is 15.3 Å². The first-order chi connectivity index (χ1) is 7.79. The molecule has 1 aliphatic rings. The Morgan fingerprint density at radius 1 is 1.38 bits per heavy atom. The second-order valence-electron chi connectivity index (χ2n) is 3.87. The SMILES string of the molecule is Cc1nnc(-n2nnc(CO)c2C2CC2)s1. The highest BCUT2D eigenvalue weighted by Crippen LogP contribution is 2.42. The normalized spacial score (nSPS) is 15.6. The van der Waals surface area contributed by atoms with Crippen LogP contribution < -0.4 is 0 Å². The summed E-state index contributed by atoms with van der Waals surface area (Å²) in [5.41, 5.74) is 1.66. The van der Waals surface area contributed by atoms with Crippen LogP contribution in [0.4, 0.5) is 0 Å². The zero-order valence-corrected chi connectivity index (χ0v) is 9.61. The number of aliphatic hydroxyl groups excluding tert-OH is 1. The Bertz CT molecular complexity index is 516. The molecule has 0 spiro atoms. The van der Waals surface area contributed by atoms with E-state index < -0.39 is 0 Å². The molecule has 1 aliphatic carbocycles. The maximum atomic E-state index is 9.21. The summed E-state index contributed by atoms with van der Waals surface area (Å²) < 4.78 is 1.72. The fraction of sp³-hybridized carbons (Fsp3) is 0.556. The molecule has 3 rings (SSSR count). The molecule has 0 radical (unpaired) electrons. The van der Waals surface area contributed by atoms with E-state index in [1.165, 1.54) is 11.3 Å². The van der Waals surface area contributed by atoms with Crippen molar-refractivity contribution >= 4 is 11.3 Å². The van der Waals surface area contributed by atoms with E-state index in [1.54, 1.807) is 4.68 Å². The molecule has 1 saturated carbocycles. The van der Waals surface area contributed by atoms with Gasteiger partial charge in [-0.1, -0.05) is 16.6 Å². The lowest BCUT2D eigenvalue weighted by molar-refractivity contribution is 0.275. The largest absolute Gasteiger partial charge is 0.390 e. The summed E-state index contributed by atoms with van der Waals surface area (Å²) in [5, 5.41) is 26.9. The first-order valence-electron chi connectivity index (χ1n) is 5.15. The fourth-order valence-corrected chi connectivity index (χ4v) is 2.36. The Kier molecular flexibility index (Phi) is 2.22. The van der Waals surface area contributed by atoms with Crippen molar-refractivity contribution in [1.82, 2.24) is 25.2 Å². The molecule has 0 saturated heterocycles. The van der Waals surface area contributed by atoms with Gasteiger partial charge in [-0.05, 0) is 19.8 Å². The molecule has 2 heterocycles. The van der Waals surface area contributed by atoms with Crippen LogP contribution in [0.2, 0.25) is 0 Å². The van der Waals surface area contributed by atoms with E-state index in [-0.39, 0.29) is 6.61 Å². The van der Waals surface area contributed by atoms with Crippen molar-refractivity contribution in [3.8, 4) is 5.13 Å². The van der Waals surface area contributed by atoms with E-state index in [4.69, 9.17) is 0 Å². The lowest BCUT2D eigenvalue weighted by atomic mass is 10.2. The highest BCUT2D eigenvalue weighted by Gasteiger charge is 2.32. The zero-order chi connectivity index (χ0) is 11.1. The van der Waals surface area contributed by atoms with E-state index in [9.17, 15) is 5.11 Å². The summed E-state index contributed by atoms with van der Waals surface area (Å²) in [6.45, 7) is 1.84. The molecule has 0 bridgehead atoms. The van der Waals surface area contributed by atoms with Crippen molar-refractivity contribution in [2.75, 3.05) is 0 Å². The number of aryl methyl sites for hydroxylation is 1. The fourth-order valence-electron chi connectivity index (χ4n) is 1.71. The maximum absolute atomic E-state index is 9.21. The molecule has 1 N–H and O–H groups in total. The molecule has 0 unspecified atom stereocenters. The Morgan fingerprint density at radius 2 is 2.19 bits per heavy atom. The number of rotatable bonds is 3. The second-order valence-corrected chi connectivity index (χ2v) is 5.03. The van der Waals surface area contributed by atoms with Gasteiger partial charge in [0.1, 0.15) is 10.7 Å². The summed E-state index contributed by atoms with van der Waals surface area (Å²) in [6, 6.07) is 0. The van der Waals surface area contributed by atoms with E-state index in [0.29, 0.717) is 11.6 Å². The maximum Gasteiger partial charge on any atom is 0.234 e. The van der Waals surface area contributed by atoms with Gasteiger partial charge in [-0.3, -0.25) is 0 Å². The topological polar surface area (TPSA) is 76.7 Å². The van der Waals surface area contributed by atoms with Crippen molar-refractivity contribution in [2.24, 2.45) is 0 Å². The second kappa shape index (κ2) is 3.60. The summed E-state index contributed by atoms with van der Waals surface area (Å²) in [6.07, 6.45) is 2.27. The minimum absolute atomic E-state index is 0.0659. The van der Waals surface area contributed by atoms with Gasteiger partial charge < -0.3 is 5.11 Å². The van der Waals surface area contributed by atoms with Crippen molar-refractivity contribution in [2.45, 2.75) is 32.3 Å². The van der Waals surface area contributed by atoms with Crippen LogP contribution in [0.3, 0.4) is 0 Å². The predicted molar refractivity (Wildman–Crippen MR) is 57.5 cm³/mol. The Balaban J connectivity index is 2.09. The molecule has 1 fully saturated rings. The van der Waals surface area contributed by atoms with Crippen LogP contribution in [0.1, 0.15) is 35.2 Å². The predicted octanol–water partition coefficient (Wildman–Crippen LogP) is 0.797. The number of hydrogen-bond donors (Lipinski definition) is 1. The molecule has 16 heavy (non-hydrogen) atoms. The van der Waals surface area contributed by atoms with Crippen LogP contribution in [-0.2, 0) is 6.61 Å². The Morgan fingerprint density at radius 3 is 2.75 bits per heavy atom. The quantitative estimate of drug-likeness (QED) is 0.854. The summed E-state index contributed by atoms with van der Waals surface area (Å²) >= 11 is 1.48. The van der Waals surface area contributed by atoms with Gasteiger partial charge in [-0.2, -0.15) is 4.68 Å². The van der Waals surface area contributed by atoms with Gasteiger partial charge >= 0.3 is 0 Å². The molecule has 7 heteroatoms. The lowest BCUT2D eigenvalue weighted by Crippen LogP contribution is -2.02. The van der Waals surface area contributed by atoms with Crippen molar-refractivity contribution < 1.29 is 5.11 Å². The Labute approximate surface area is 95.9 Å². The average molecular weight is 237 g/mol. The highest BCUT2D eigenvalue weighted by atomic mass is 32.1. The molecule has 6 nitrogen and oxygen atoms in total. The highest BCUT2D eigenvalue weighted by molar-refractivity contribution is 7.13. The Hall–Kier alpha value is -1.34. The monoisotopic (exact) mass is 237 g/mol. The molecule has 84 valence electrons. The molecule has 0 amide bonds. The first kappa shape index (κ1) is 9.86. The van der Waals surface area contributed by atoms with Crippen LogP contribution in [0, 0.1) is 6.92 Å². The molecular formula is C9H11N5OS. The van der Waals surface area contributed by atoms with Crippen molar-refractivity contribution in [3.05, 3.63) is 16.4 Å². The van der Waals surface area contributed by atoms with Gasteiger partial charge in [0, 0.05) is 5.92 Å². The number of nitrogens with zero attached hydrogens (tertiary/aromatic N) is 5.